The number of aryl methyl sites for hydroxylation is 1. The molecule has 0 saturated heterocycles. The minimum absolute atomic E-state index is 0.0893. The molecule has 3 aromatic rings. The number of carbonyl (C=O) groups is 1. The van der Waals surface area contributed by atoms with Gasteiger partial charge in [-0.1, -0.05) is 17.7 Å². The van der Waals surface area contributed by atoms with Crippen molar-refractivity contribution in [1.29, 1.82) is 0 Å². The number of rotatable bonds is 3. The van der Waals surface area contributed by atoms with E-state index in [4.69, 9.17) is 16.3 Å². The summed E-state index contributed by atoms with van der Waals surface area (Å²) in [5.41, 5.74) is -2.07. The van der Waals surface area contributed by atoms with Crippen molar-refractivity contribution in [1.82, 2.24) is 9.38 Å². The standard InChI is InChI=1S/C18H14ClF3N2O3/c1-3-27-17(26)11-7-24-8-13(10-4-5-12(19)9(2)6-10)23-16(25)15(24)14(11)18(20,21)22/h4-8H,3H2,1-2H3,(H,23,25). The number of H-pyrrole nitrogens is 1. The minimum atomic E-state index is -4.90. The molecule has 9 heteroatoms. The molecule has 0 fully saturated rings. The Morgan fingerprint density at radius 1 is 1.30 bits per heavy atom. The molecule has 0 atom stereocenters. The monoisotopic (exact) mass is 398 g/mol. The van der Waals surface area contributed by atoms with Crippen molar-refractivity contribution in [3.8, 4) is 11.3 Å². The zero-order valence-electron chi connectivity index (χ0n) is 14.3. The highest BCUT2D eigenvalue weighted by Gasteiger charge is 2.40. The zero-order chi connectivity index (χ0) is 19.9. The summed E-state index contributed by atoms with van der Waals surface area (Å²) in [4.78, 5) is 26.8. The number of carbonyl (C=O) groups excluding carboxylic acids is 1. The van der Waals surface area contributed by atoms with E-state index in [-0.39, 0.29) is 12.3 Å². The lowest BCUT2D eigenvalue weighted by molar-refractivity contribution is -0.136. The van der Waals surface area contributed by atoms with E-state index in [1.807, 2.05) is 0 Å². The summed E-state index contributed by atoms with van der Waals surface area (Å²) in [5.74, 6) is -1.14. The maximum absolute atomic E-state index is 13.5. The van der Waals surface area contributed by atoms with Gasteiger partial charge in [0.15, 0.2) is 0 Å². The van der Waals surface area contributed by atoms with Crippen LogP contribution >= 0.6 is 11.6 Å². The van der Waals surface area contributed by atoms with Crippen LogP contribution < -0.4 is 5.56 Å². The summed E-state index contributed by atoms with van der Waals surface area (Å²) in [7, 11) is 0. The number of halogens is 4. The smallest absolute Gasteiger partial charge is 0.419 e. The molecule has 2 aromatic heterocycles. The number of aromatic nitrogens is 2. The van der Waals surface area contributed by atoms with Crippen molar-refractivity contribution >= 4 is 23.1 Å². The molecule has 5 nitrogen and oxygen atoms in total. The highest BCUT2D eigenvalue weighted by atomic mass is 35.5. The molecule has 1 N–H and O–H groups in total. The van der Waals surface area contributed by atoms with Gasteiger partial charge < -0.3 is 14.1 Å². The number of nitrogens with one attached hydrogen (secondary N) is 1. The van der Waals surface area contributed by atoms with E-state index in [0.29, 0.717) is 10.6 Å². The first-order valence-electron chi connectivity index (χ1n) is 7.92. The summed E-state index contributed by atoms with van der Waals surface area (Å²) in [5, 5.41) is 0.520. The second-order valence-electron chi connectivity index (χ2n) is 5.85. The third-order valence-electron chi connectivity index (χ3n) is 4.01. The molecule has 0 aliphatic heterocycles. The van der Waals surface area contributed by atoms with Gasteiger partial charge in [0, 0.05) is 17.4 Å². The van der Waals surface area contributed by atoms with Crippen LogP contribution in [0.1, 0.15) is 28.4 Å². The molecule has 0 aliphatic rings. The molecule has 142 valence electrons. The van der Waals surface area contributed by atoms with E-state index < -0.39 is 34.3 Å². The van der Waals surface area contributed by atoms with Gasteiger partial charge in [0.1, 0.15) is 11.1 Å². The number of nitrogens with zero attached hydrogens (tertiary/aromatic N) is 1. The highest BCUT2D eigenvalue weighted by Crippen LogP contribution is 2.36. The van der Waals surface area contributed by atoms with Crippen LogP contribution in [0.4, 0.5) is 13.2 Å². The predicted octanol–water partition coefficient (Wildman–Crippen LogP) is 4.45. The number of aromatic amines is 1. The van der Waals surface area contributed by atoms with E-state index in [1.165, 1.54) is 13.1 Å². The molecule has 2 heterocycles. The Labute approximate surface area is 156 Å². The SMILES string of the molecule is CCOC(=O)c1cn2cc(-c3ccc(Cl)c(C)c3)[nH]c(=O)c2c1C(F)(F)F. The number of hydrogen-bond acceptors (Lipinski definition) is 3. The van der Waals surface area contributed by atoms with Gasteiger partial charge in [-0.05, 0) is 37.1 Å². The Morgan fingerprint density at radius 2 is 2.00 bits per heavy atom. The molecule has 0 amide bonds. The van der Waals surface area contributed by atoms with Crippen molar-refractivity contribution in [2.75, 3.05) is 6.61 Å². The van der Waals surface area contributed by atoms with Crippen LogP contribution in [-0.4, -0.2) is 22.0 Å². The third kappa shape index (κ3) is 3.44. The van der Waals surface area contributed by atoms with Crippen molar-refractivity contribution in [3.63, 3.8) is 0 Å². The van der Waals surface area contributed by atoms with Crippen molar-refractivity contribution in [2.24, 2.45) is 0 Å². The molecule has 3 rings (SSSR count). The third-order valence-corrected chi connectivity index (χ3v) is 4.44. The number of hydrogen-bond donors (Lipinski definition) is 1. The maximum atomic E-state index is 13.5. The normalized spacial score (nSPS) is 11.8. The van der Waals surface area contributed by atoms with Gasteiger partial charge in [0.05, 0.1) is 17.9 Å². The molecule has 0 spiro atoms. The maximum Gasteiger partial charge on any atom is 0.419 e. The van der Waals surface area contributed by atoms with E-state index in [2.05, 4.69) is 4.98 Å². The largest absolute Gasteiger partial charge is 0.462 e. The molecular formula is C18H14ClF3N2O3. The lowest BCUT2D eigenvalue weighted by Crippen LogP contribution is -2.18. The van der Waals surface area contributed by atoms with Crippen LogP contribution in [0.5, 0.6) is 0 Å². The lowest BCUT2D eigenvalue weighted by Gasteiger charge is -2.09. The fourth-order valence-electron chi connectivity index (χ4n) is 2.82. The van der Waals surface area contributed by atoms with Gasteiger partial charge in [0.2, 0.25) is 0 Å². The number of fused-ring (bicyclic) bond motifs is 1. The van der Waals surface area contributed by atoms with Crippen LogP contribution in [0.15, 0.2) is 35.4 Å². The fourth-order valence-corrected chi connectivity index (χ4v) is 2.94. The second kappa shape index (κ2) is 6.77. The first-order chi connectivity index (χ1) is 12.6. The molecule has 0 bridgehead atoms. The zero-order valence-corrected chi connectivity index (χ0v) is 15.0. The number of esters is 1. The Balaban J connectivity index is 2.28. The summed E-state index contributed by atoms with van der Waals surface area (Å²) in [6.45, 7) is 3.15. The summed E-state index contributed by atoms with van der Waals surface area (Å²) >= 11 is 5.98. The highest BCUT2D eigenvalue weighted by molar-refractivity contribution is 6.31. The average molecular weight is 399 g/mol. The Morgan fingerprint density at radius 3 is 2.59 bits per heavy atom. The number of ether oxygens (including phenoxy) is 1. The Hall–Kier alpha value is -2.74. The van der Waals surface area contributed by atoms with Gasteiger partial charge in [-0.25, -0.2) is 4.79 Å². The van der Waals surface area contributed by atoms with E-state index >= 15 is 0 Å². The fraction of sp³-hybridized carbons (Fsp3) is 0.222. The van der Waals surface area contributed by atoms with Crippen LogP contribution in [0.25, 0.3) is 16.8 Å². The first-order valence-corrected chi connectivity index (χ1v) is 8.30. The Kier molecular flexibility index (Phi) is 4.77. The lowest BCUT2D eigenvalue weighted by atomic mass is 10.1. The molecule has 0 radical (unpaired) electrons. The van der Waals surface area contributed by atoms with E-state index in [9.17, 15) is 22.8 Å². The van der Waals surface area contributed by atoms with E-state index in [1.54, 1.807) is 25.1 Å². The van der Waals surface area contributed by atoms with Crippen molar-refractivity contribution in [2.45, 2.75) is 20.0 Å². The van der Waals surface area contributed by atoms with E-state index in [0.717, 1.165) is 16.2 Å². The predicted molar refractivity (Wildman–Crippen MR) is 94.2 cm³/mol. The summed E-state index contributed by atoms with van der Waals surface area (Å²) < 4.78 is 46.3. The van der Waals surface area contributed by atoms with Gasteiger partial charge in [-0.2, -0.15) is 13.2 Å². The van der Waals surface area contributed by atoms with Crippen molar-refractivity contribution < 1.29 is 22.7 Å². The summed E-state index contributed by atoms with van der Waals surface area (Å²) in [6, 6.07) is 4.95. The molecule has 0 saturated carbocycles. The molecule has 1 aromatic carbocycles. The van der Waals surface area contributed by atoms with Crippen molar-refractivity contribution in [3.05, 3.63) is 62.7 Å². The number of alkyl halides is 3. The average Bonchev–Trinajstić information content (AvgIpc) is 2.98. The first kappa shape index (κ1) is 19.0. The van der Waals surface area contributed by atoms with Crippen LogP contribution in [-0.2, 0) is 10.9 Å². The van der Waals surface area contributed by atoms with Gasteiger partial charge in [-0.15, -0.1) is 0 Å². The van der Waals surface area contributed by atoms with Crippen LogP contribution in [0, 0.1) is 6.92 Å². The molecule has 0 aliphatic carbocycles. The van der Waals surface area contributed by atoms with Gasteiger partial charge >= 0.3 is 12.1 Å². The Bertz CT molecular complexity index is 1100. The molecule has 0 unspecified atom stereocenters. The molecule has 27 heavy (non-hydrogen) atoms. The van der Waals surface area contributed by atoms with Gasteiger partial charge in [0.25, 0.3) is 5.56 Å². The topological polar surface area (TPSA) is 63.6 Å². The molecular weight excluding hydrogens is 385 g/mol. The van der Waals surface area contributed by atoms with Gasteiger partial charge in [-0.3, -0.25) is 4.79 Å². The number of benzene rings is 1. The summed E-state index contributed by atoms with van der Waals surface area (Å²) in [6.07, 6.45) is -2.63. The second-order valence-corrected chi connectivity index (χ2v) is 6.26. The minimum Gasteiger partial charge on any atom is -0.462 e. The van der Waals surface area contributed by atoms with Crippen LogP contribution in [0.2, 0.25) is 5.02 Å². The van der Waals surface area contributed by atoms with Crippen LogP contribution in [0.3, 0.4) is 0 Å². The quantitative estimate of drug-likeness (QED) is 0.663.